The first-order chi connectivity index (χ1) is 11.0. The molecule has 1 aliphatic carbocycles. The van der Waals surface area contributed by atoms with Gasteiger partial charge >= 0.3 is 0 Å². The summed E-state index contributed by atoms with van der Waals surface area (Å²) < 4.78 is 11.0. The van der Waals surface area contributed by atoms with E-state index in [2.05, 4.69) is 16.5 Å². The van der Waals surface area contributed by atoms with Gasteiger partial charge in [-0.05, 0) is 69.7 Å². The zero-order valence-electron chi connectivity index (χ0n) is 13.8. The third kappa shape index (κ3) is 3.55. The molecule has 1 aromatic heterocycles. The second-order valence-electron chi connectivity index (χ2n) is 6.22. The summed E-state index contributed by atoms with van der Waals surface area (Å²) in [6, 6.07) is 5.92. The molecule has 0 saturated carbocycles. The van der Waals surface area contributed by atoms with Crippen molar-refractivity contribution in [3.63, 3.8) is 0 Å². The number of carbonyl (C=O) groups excluding carboxylic acids is 1. The van der Waals surface area contributed by atoms with E-state index < -0.39 is 6.10 Å². The molecule has 1 aromatic carbocycles. The predicted molar refractivity (Wildman–Crippen MR) is 87.8 cm³/mol. The van der Waals surface area contributed by atoms with Crippen LogP contribution in [0.4, 0.5) is 5.88 Å². The minimum Gasteiger partial charge on any atom is -0.481 e. The molecule has 23 heavy (non-hydrogen) atoms. The summed E-state index contributed by atoms with van der Waals surface area (Å²) in [5, 5.41) is 6.85. The van der Waals surface area contributed by atoms with Crippen LogP contribution in [0.1, 0.15) is 42.1 Å². The second kappa shape index (κ2) is 6.44. The van der Waals surface area contributed by atoms with Gasteiger partial charge in [0.1, 0.15) is 5.75 Å². The first-order valence-electron chi connectivity index (χ1n) is 8.06. The highest BCUT2D eigenvalue weighted by atomic mass is 16.5. The van der Waals surface area contributed by atoms with Crippen LogP contribution in [-0.2, 0) is 17.6 Å². The van der Waals surface area contributed by atoms with Crippen LogP contribution in [0.5, 0.6) is 5.75 Å². The number of carbonyl (C=O) groups is 1. The van der Waals surface area contributed by atoms with Crippen LogP contribution in [0.3, 0.4) is 0 Å². The fraction of sp³-hybridized carbons (Fsp3) is 0.444. The lowest BCUT2D eigenvalue weighted by Crippen LogP contribution is -2.30. The van der Waals surface area contributed by atoms with Crippen LogP contribution in [0.2, 0.25) is 0 Å². The van der Waals surface area contributed by atoms with Crippen molar-refractivity contribution in [3.8, 4) is 5.75 Å². The molecule has 1 heterocycles. The molecule has 0 radical (unpaired) electrons. The van der Waals surface area contributed by atoms with Crippen molar-refractivity contribution in [1.82, 2.24) is 5.16 Å². The highest BCUT2D eigenvalue weighted by molar-refractivity contribution is 5.93. The molecule has 1 aliphatic rings. The molecule has 0 aliphatic heterocycles. The molecular weight excluding hydrogens is 292 g/mol. The van der Waals surface area contributed by atoms with Gasteiger partial charge in [0.25, 0.3) is 5.91 Å². The van der Waals surface area contributed by atoms with Gasteiger partial charge in [-0.2, -0.15) is 0 Å². The van der Waals surface area contributed by atoms with Crippen LogP contribution in [0.25, 0.3) is 0 Å². The predicted octanol–water partition coefficient (Wildman–Crippen LogP) is 3.58. The van der Waals surface area contributed by atoms with E-state index in [1.165, 1.54) is 0 Å². The average molecular weight is 314 g/mol. The molecule has 1 amide bonds. The Labute approximate surface area is 136 Å². The number of aromatic nitrogens is 1. The number of benzene rings is 1. The van der Waals surface area contributed by atoms with Crippen LogP contribution >= 0.6 is 0 Å². The first kappa shape index (κ1) is 15.6. The standard InChI is InChI=1S/C18H22N2O3/c1-11-8-12(2)10-14(9-11)22-13(3)17(21)19-18-15-6-4-5-7-16(15)20-23-18/h8-10,13H,4-7H2,1-3H3,(H,19,21)/t13-/m1/s1. The third-order valence-electron chi connectivity index (χ3n) is 4.07. The zero-order chi connectivity index (χ0) is 16.4. The molecule has 0 bridgehead atoms. The smallest absolute Gasteiger partial charge is 0.267 e. The van der Waals surface area contributed by atoms with Crippen LogP contribution < -0.4 is 10.1 Å². The lowest BCUT2D eigenvalue weighted by atomic mass is 9.98. The van der Waals surface area contributed by atoms with E-state index in [9.17, 15) is 4.79 Å². The maximum atomic E-state index is 12.3. The van der Waals surface area contributed by atoms with Gasteiger partial charge in [-0.3, -0.25) is 10.1 Å². The summed E-state index contributed by atoms with van der Waals surface area (Å²) in [5.74, 6) is 0.944. The van der Waals surface area contributed by atoms with Crippen LogP contribution in [0.15, 0.2) is 22.7 Å². The monoisotopic (exact) mass is 314 g/mol. The van der Waals surface area contributed by atoms with Crippen molar-refractivity contribution < 1.29 is 14.1 Å². The normalized spacial score (nSPS) is 14.9. The quantitative estimate of drug-likeness (QED) is 0.937. The summed E-state index contributed by atoms with van der Waals surface area (Å²) >= 11 is 0. The van der Waals surface area contributed by atoms with Crippen molar-refractivity contribution in [3.05, 3.63) is 40.6 Å². The Morgan fingerprint density at radius 3 is 2.65 bits per heavy atom. The summed E-state index contributed by atoms with van der Waals surface area (Å²) in [5.41, 5.74) is 4.21. The molecule has 1 atom stereocenters. The van der Waals surface area contributed by atoms with Crippen molar-refractivity contribution in [2.75, 3.05) is 5.32 Å². The first-order valence-corrected chi connectivity index (χ1v) is 8.06. The minimum atomic E-state index is -0.611. The Hall–Kier alpha value is -2.30. The average Bonchev–Trinajstić information content (AvgIpc) is 2.89. The van der Waals surface area contributed by atoms with Crippen molar-refractivity contribution in [1.29, 1.82) is 0 Å². The number of fused-ring (bicyclic) bond motifs is 1. The molecule has 0 fully saturated rings. The SMILES string of the molecule is Cc1cc(C)cc(O[C@H](C)C(=O)Nc2onc3c2CCCC3)c1. The van der Waals surface area contributed by atoms with Gasteiger partial charge in [-0.15, -0.1) is 0 Å². The molecule has 0 spiro atoms. The largest absolute Gasteiger partial charge is 0.481 e. The molecule has 0 saturated heterocycles. The zero-order valence-corrected chi connectivity index (χ0v) is 13.8. The summed E-state index contributed by atoms with van der Waals surface area (Å²) in [6.07, 6.45) is 3.44. The van der Waals surface area contributed by atoms with Gasteiger partial charge < -0.3 is 9.26 Å². The van der Waals surface area contributed by atoms with E-state index in [0.29, 0.717) is 11.6 Å². The Morgan fingerprint density at radius 1 is 1.22 bits per heavy atom. The Bertz CT molecular complexity index is 701. The van der Waals surface area contributed by atoms with Gasteiger partial charge in [0.05, 0.1) is 5.69 Å². The Morgan fingerprint density at radius 2 is 1.91 bits per heavy atom. The van der Waals surface area contributed by atoms with Gasteiger partial charge in [-0.25, -0.2) is 0 Å². The Balaban J connectivity index is 1.67. The second-order valence-corrected chi connectivity index (χ2v) is 6.22. The van der Waals surface area contributed by atoms with Gasteiger partial charge in [0, 0.05) is 5.56 Å². The summed E-state index contributed by atoms with van der Waals surface area (Å²) in [4.78, 5) is 12.3. The lowest BCUT2D eigenvalue weighted by molar-refractivity contribution is -0.122. The van der Waals surface area contributed by atoms with E-state index in [-0.39, 0.29) is 5.91 Å². The van der Waals surface area contributed by atoms with E-state index in [0.717, 1.165) is 48.1 Å². The van der Waals surface area contributed by atoms with Crippen LogP contribution in [0, 0.1) is 13.8 Å². The lowest BCUT2D eigenvalue weighted by Gasteiger charge is -2.15. The van der Waals surface area contributed by atoms with Gasteiger partial charge in [-0.1, -0.05) is 11.2 Å². The van der Waals surface area contributed by atoms with Crippen LogP contribution in [-0.4, -0.2) is 17.2 Å². The third-order valence-corrected chi connectivity index (χ3v) is 4.07. The van der Waals surface area contributed by atoms with E-state index >= 15 is 0 Å². The number of hydrogen-bond acceptors (Lipinski definition) is 4. The molecule has 0 unspecified atom stereocenters. The van der Waals surface area contributed by atoms with E-state index in [1.807, 2.05) is 26.0 Å². The number of amides is 1. The molecule has 1 N–H and O–H groups in total. The topological polar surface area (TPSA) is 64.4 Å². The number of rotatable bonds is 4. The van der Waals surface area contributed by atoms with E-state index in [1.54, 1.807) is 6.92 Å². The fourth-order valence-electron chi connectivity index (χ4n) is 2.96. The summed E-state index contributed by atoms with van der Waals surface area (Å²) in [7, 11) is 0. The molecule has 5 heteroatoms. The van der Waals surface area contributed by atoms with E-state index in [4.69, 9.17) is 9.26 Å². The fourth-order valence-corrected chi connectivity index (χ4v) is 2.96. The number of nitrogens with zero attached hydrogens (tertiary/aromatic N) is 1. The highest BCUT2D eigenvalue weighted by Gasteiger charge is 2.23. The van der Waals surface area contributed by atoms with Crippen molar-refractivity contribution in [2.45, 2.75) is 52.6 Å². The molecule has 2 aromatic rings. The molecule has 3 rings (SSSR count). The molecule has 122 valence electrons. The van der Waals surface area contributed by atoms with Gasteiger partial charge in [0.2, 0.25) is 5.88 Å². The highest BCUT2D eigenvalue weighted by Crippen LogP contribution is 2.27. The number of anilines is 1. The number of aryl methyl sites for hydroxylation is 3. The number of ether oxygens (including phenoxy) is 1. The number of hydrogen-bond donors (Lipinski definition) is 1. The molecule has 5 nitrogen and oxygen atoms in total. The summed E-state index contributed by atoms with van der Waals surface area (Å²) in [6.45, 7) is 5.74. The maximum Gasteiger partial charge on any atom is 0.267 e. The maximum absolute atomic E-state index is 12.3. The Kier molecular flexibility index (Phi) is 4.37. The number of nitrogens with one attached hydrogen (secondary N) is 1. The van der Waals surface area contributed by atoms with Crippen molar-refractivity contribution in [2.24, 2.45) is 0 Å². The van der Waals surface area contributed by atoms with Gasteiger partial charge in [0.15, 0.2) is 6.10 Å². The van der Waals surface area contributed by atoms with Crippen molar-refractivity contribution >= 4 is 11.8 Å². The minimum absolute atomic E-state index is 0.228. The molecular formula is C18H22N2O3.